The van der Waals surface area contributed by atoms with Crippen LogP contribution in [0.1, 0.15) is 96.6 Å². The van der Waals surface area contributed by atoms with Gasteiger partial charge in [0.1, 0.15) is 11.9 Å². The third-order valence-electron chi connectivity index (χ3n) is 9.54. The molecule has 0 aromatic heterocycles. The Bertz CT molecular complexity index is 1330. The summed E-state index contributed by atoms with van der Waals surface area (Å²) in [6.07, 6.45) is 4.51. The number of imide groups is 1. The number of rotatable bonds is 5. The first-order valence-corrected chi connectivity index (χ1v) is 13.8. The van der Waals surface area contributed by atoms with Crippen LogP contribution in [0.3, 0.4) is 0 Å². The lowest BCUT2D eigenvalue weighted by molar-refractivity contribution is -0.155. The van der Waals surface area contributed by atoms with Crippen molar-refractivity contribution in [1.29, 1.82) is 0 Å². The van der Waals surface area contributed by atoms with E-state index < -0.39 is 17.8 Å². The predicted molar refractivity (Wildman–Crippen MR) is 140 cm³/mol. The van der Waals surface area contributed by atoms with Gasteiger partial charge in [-0.15, -0.1) is 5.06 Å². The number of hydroxylamine groups is 2. The fourth-order valence-electron chi connectivity index (χ4n) is 7.88. The predicted octanol–water partition coefficient (Wildman–Crippen LogP) is 5.17. The molecule has 6 rings (SSSR count). The van der Waals surface area contributed by atoms with Gasteiger partial charge < -0.3 is 9.47 Å². The van der Waals surface area contributed by atoms with E-state index in [1.807, 2.05) is 12.1 Å². The summed E-state index contributed by atoms with van der Waals surface area (Å²) < 4.78 is 11.2. The molecule has 2 aromatic carbocycles. The van der Waals surface area contributed by atoms with Crippen molar-refractivity contribution in [3.63, 3.8) is 0 Å². The lowest BCUT2D eigenvalue weighted by Gasteiger charge is -2.51. The van der Waals surface area contributed by atoms with Crippen molar-refractivity contribution >= 4 is 23.8 Å². The second-order valence-electron chi connectivity index (χ2n) is 11.7. The zero-order valence-corrected chi connectivity index (χ0v) is 22.5. The molecule has 8 heteroatoms. The van der Waals surface area contributed by atoms with E-state index in [9.17, 15) is 19.2 Å². The summed E-state index contributed by atoms with van der Waals surface area (Å²) in [5.41, 5.74) is 2.83. The highest BCUT2D eigenvalue weighted by Gasteiger charge is 2.57. The minimum atomic E-state index is -0.455. The van der Waals surface area contributed by atoms with E-state index in [1.54, 1.807) is 24.3 Å². The third-order valence-corrected chi connectivity index (χ3v) is 9.54. The first-order valence-electron chi connectivity index (χ1n) is 13.8. The highest BCUT2D eigenvalue weighted by atomic mass is 16.7. The highest BCUT2D eigenvalue weighted by molar-refractivity contribution is 6.20. The monoisotopic (exact) mass is 531 g/mol. The highest BCUT2D eigenvalue weighted by Crippen LogP contribution is 2.63. The summed E-state index contributed by atoms with van der Waals surface area (Å²) in [7, 11) is 0. The molecular weight excluding hydrogens is 498 g/mol. The summed E-state index contributed by atoms with van der Waals surface area (Å²) in [6.45, 7) is 5.26. The van der Waals surface area contributed by atoms with E-state index in [2.05, 4.69) is 13.0 Å². The second kappa shape index (κ2) is 9.59. The summed E-state index contributed by atoms with van der Waals surface area (Å²) in [5, 5.41) is 0.879. The van der Waals surface area contributed by atoms with Gasteiger partial charge in [0.05, 0.1) is 17.7 Å². The maximum Gasteiger partial charge on any atom is 0.308 e. The van der Waals surface area contributed by atoms with E-state index in [-0.39, 0.29) is 30.0 Å². The lowest BCUT2D eigenvalue weighted by Crippen LogP contribution is -2.46. The fourth-order valence-corrected chi connectivity index (χ4v) is 7.88. The van der Waals surface area contributed by atoms with Crippen LogP contribution in [0, 0.1) is 17.3 Å². The van der Waals surface area contributed by atoms with Crippen molar-refractivity contribution < 1.29 is 33.5 Å². The Morgan fingerprint density at radius 1 is 0.949 bits per heavy atom. The first kappa shape index (κ1) is 25.7. The molecule has 1 unspecified atom stereocenters. The van der Waals surface area contributed by atoms with Gasteiger partial charge in [0, 0.05) is 25.2 Å². The van der Waals surface area contributed by atoms with E-state index in [1.165, 1.54) is 19.4 Å². The number of hydrogen-bond donors (Lipinski definition) is 0. The molecular formula is C31H33NO7. The fraction of sp³-hybridized carbons (Fsp3) is 0.484. The number of nitrogens with zero attached hydrogens (tertiary/aromatic N) is 1. The maximum atomic E-state index is 12.9. The number of carbonyl (C=O) groups excluding carboxylic acids is 4. The van der Waals surface area contributed by atoms with Gasteiger partial charge in [0.2, 0.25) is 0 Å². The van der Waals surface area contributed by atoms with Crippen molar-refractivity contribution in [2.24, 2.45) is 17.3 Å². The first-order chi connectivity index (χ1) is 18.7. The molecule has 2 amide bonds. The molecule has 0 radical (unpaired) electrons. The van der Waals surface area contributed by atoms with E-state index >= 15 is 0 Å². The molecule has 0 saturated heterocycles. The van der Waals surface area contributed by atoms with E-state index in [4.69, 9.17) is 14.3 Å². The van der Waals surface area contributed by atoms with Crippen LogP contribution in [-0.2, 0) is 19.2 Å². The van der Waals surface area contributed by atoms with Gasteiger partial charge >= 0.3 is 11.9 Å². The standard InChI is InChI=1S/C31H33NO7/c1-17(33)38-20-8-9-21-22-12-13-31(3)27(10-11-28(31)39-18(2)34)26(22)14-19(25(21)15-20)16-37-32-29(35)23-6-4-5-7-24(23)30(32)36/h4-9,15,19,22,26-28H,10-14,16H2,1-3H3/t19-,22+,26+,27-,28?,31-/m0/s1. The molecule has 2 fully saturated rings. The number of esters is 2. The smallest absolute Gasteiger partial charge is 0.308 e. The van der Waals surface area contributed by atoms with Crippen LogP contribution in [0.25, 0.3) is 0 Å². The topological polar surface area (TPSA) is 99.2 Å². The van der Waals surface area contributed by atoms with Gasteiger partial charge in [0.15, 0.2) is 0 Å². The van der Waals surface area contributed by atoms with E-state index in [0.29, 0.717) is 34.6 Å². The van der Waals surface area contributed by atoms with Gasteiger partial charge in [-0.2, -0.15) is 0 Å². The minimum absolute atomic E-state index is 0.0817. The molecule has 4 aliphatic rings. The van der Waals surface area contributed by atoms with Crippen molar-refractivity contribution in [2.75, 3.05) is 6.61 Å². The minimum Gasteiger partial charge on any atom is -0.462 e. The largest absolute Gasteiger partial charge is 0.462 e. The molecule has 0 N–H and O–H groups in total. The number of carbonyl (C=O) groups is 4. The number of fused-ring (bicyclic) bond motifs is 6. The van der Waals surface area contributed by atoms with Crippen LogP contribution >= 0.6 is 0 Å². The van der Waals surface area contributed by atoms with Gasteiger partial charge in [-0.1, -0.05) is 25.1 Å². The average molecular weight is 532 g/mol. The summed E-state index contributed by atoms with van der Waals surface area (Å²) >= 11 is 0. The zero-order chi connectivity index (χ0) is 27.5. The molecule has 2 aromatic rings. The van der Waals surface area contributed by atoms with Crippen LogP contribution in [0.15, 0.2) is 42.5 Å². The van der Waals surface area contributed by atoms with Crippen LogP contribution in [0.4, 0.5) is 0 Å². The van der Waals surface area contributed by atoms with Crippen molar-refractivity contribution in [1.82, 2.24) is 5.06 Å². The zero-order valence-electron chi connectivity index (χ0n) is 22.5. The van der Waals surface area contributed by atoms with Crippen LogP contribution in [0.2, 0.25) is 0 Å². The van der Waals surface area contributed by atoms with Crippen LogP contribution in [-0.4, -0.2) is 41.5 Å². The van der Waals surface area contributed by atoms with Crippen molar-refractivity contribution in [2.45, 2.75) is 70.8 Å². The molecule has 2 saturated carbocycles. The maximum absolute atomic E-state index is 12.9. The SMILES string of the molecule is CC(=O)Oc1ccc2c(c1)[C@H](CON1C(=O)c3ccccc3C1=O)C[C@@H]1[C@@H]2CC[C@]2(C)C(OC(C)=O)CC[C@@H]12. The summed E-state index contributed by atoms with van der Waals surface area (Å²) in [4.78, 5) is 55.3. The average Bonchev–Trinajstić information content (AvgIpc) is 3.35. The third kappa shape index (κ3) is 4.25. The molecule has 6 atom stereocenters. The van der Waals surface area contributed by atoms with Gasteiger partial charge in [-0.25, -0.2) is 0 Å². The Morgan fingerprint density at radius 2 is 1.67 bits per heavy atom. The van der Waals surface area contributed by atoms with Crippen LogP contribution in [0.5, 0.6) is 5.75 Å². The number of benzene rings is 2. The molecule has 39 heavy (non-hydrogen) atoms. The Labute approximate surface area is 227 Å². The van der Waals surface area contributed by atoms with Gasteiger partial charge in [0.25, 0.3) is 11.8 Å². The summed E-state index contributed by atoms with van der Waals surface area (Å²) in [5.74, 6) is -0.126. The molecule has 0 bridgehead atoms. The number of hydrogen-bond acceptors (Lipinski definition) is 7. The molecule has 3 aliphatic carbocycles. The summed E-state index contributed by atoms with van der Waals surface area (Å²) in [6, 6.07) is 12.5. The van der Waals surface area contributed by atoms with Gasteiger partial charge in [-0.05, 0) is 85.3 Å². The Kier molecular flexibility index (Phi) is 6.33. The van der Waals surface area contributed by atoms with Crippen molar-refractivity contribution in [3.8, 4) is 5.75 Å². The molecule has 8 nitrogen and oxygen atoms in total. The molecule has 1 heterocycles. The molecule has 204 valence electrons. The normalized spacial score (nSPS) is 30.7. The Morgan fingerprint density at radius 3 is 2.33 bits per heavy atom. The van der Waals surface area contributed by atoms with Crippen LogP contribution < -0.4 is 4.74 Å². The Hall–Kier alpha value is -3.52. The van der Waals surface area contributed by atoms with E-state index in [0.717, 1.165) is 42.7 Å². The second-order valence-corrected chi connectivity index (χ2v) is 11.7. The van der Waals surface area contributed by atoms with Gasteiger partial charge in [-0.3, -0.25) is 24.0 Å². The lowest BCUT2D eigenvalue weighted by atomic mass is 9.54. The van der Waals surface area contributed by atoms with Crippen molar-refractivity contribution in [3.05, 3.63) is 64.7 Å². The Balaban J connectivity index is 1.30. The quantitative estimate of drug-likeness (QED) is 0.298. The number of ether oxygens (including phenoxy) is 2. The number of amides is 2. The molecule has 0 spiro atoms. The molecule has 1 aliphatic heterocycles.